The molecule has 0 saturated carbocycles. The number of benzene rings is 4. The van der Waals surface area contributed by atoms with Crippen LogP contribution < -0.4 is 4.72 Å². The maximum Gasteiger partial charge on any atom is 0.416 e. The number of carboxylic acids is 1. The van der Waals surface area contributed by atoms with E-state index in [0.717, 1.165) is 23.3 Å². The van der Waals surface area contributed by atoms with Crippen molar-refractivity contribution in [1.29, 1.82) is 0 Å². The molecular weight excluding hydrogens is 559 g/mol. The van der Waals surface area contributed by atoms with Crippen LogP contribution in [0.15, 0.2) is 108 Å². The Balaban J connectivity index is 1.57. The first-order valence-electron chi connectivity index (χ1n) is 12.2. The van der Waals surface area contributed by atoms with Gasteiger partial charge in [0.1, 0.15) is 6.04 Å². The molecule has 2 atom stereocenters. The smallest absolute Gasteiger partial charge is 0.416 e. The molecule has 0 fully saturated rings. The standard InChI is InChI=1S/C30H26F3NO4S2/c1-20-7-9-21(10-8-20)19-39-28(24-5-3-2-4-6-24)27(29(35)36)34-40(37,38)26-17-13-23(14-18-26)22-11-15-25(16-12-22)30(31,32)33/h2-18,27-28,34H,19H2,1H3,(H,35,36)/t27?,28-/m1/s1. The second kappa shape index (κ2) is 12.3. The Morgan fingerprint density at radius 1 is 0.850 bits per heavy atom. The van der Waals surface area contributed by atoms with E-state index in [2.05, 4.69) is 4.72 Å². The second-order valence-corrected chi connectivity index (χ2v) is 12.0. The van der Waals surface area contributed by atoms with E-state index in [-0.39, 0.29) is 4.90 Å². The van der Waals surface area contributed by atoms with Gasteiger partial charge in [-0.2, -0.15) is 17.9 Å². The lowest BCUT2D eigenvalue weighted by Crippen LogP contribution is -2.44. The van der Waals surface area contributed by atoms with Crippen molar-refractivity contribution in [2.45, 2.75) is 35.0 Å². The first-order valence-corrected chi connectivity index (χ1v) is 14.7. The number of aliphatic carboxylic acids is 1. The zero-order valence-corrected chi connectivity index (χ0v) is 22.9. The summed E-state index contributed by atoms with van der Waals surface area (Å²) in [6, 6.07) is 25.2. The molecule has 0 radical (unpaired) electrons. The molecule has 0 spiro atoms. The van der Waals surface area contributed by atoms with Crippen molar-refractivity contribution < 1.29 is 31.5 Å². The SMILES string of the molecule is Cc1ccc(CS[C@H](c2ccccc2)C(NS(=O)(=O)c2ccc(-c3ccc(C(F)(F)F)cc3)cc2)C(=O)O)cc1. The van der Waals surface area contributed by atoms with E-state index >= 15 is 0 Å². The van der Waals surface area contributed by atoms with Gasteiger partial charge >= 0.3 is 12.1 Å². The minimum absolute atomic E-state index is 0.162. The van der Waals surface area contributed by atoms with Gasteiger partial charge in [0.15, 0.2) is 0 Å². The molecule has 0 heterocycles. The van der Waals surface area contributed by atoms with Gasteiger partial charge in [-0.25, -0.2) is 8.42 Å². The number of nitrogens with one attached hydrogen (secondary N) is 1. The summed E-state index contributed by atoms with van der Waals surface area (Å²) in [6.07, 6.45) is -4.46. The Labute approximate surface area is 235 Å². The highest BCUT2D eigenvalue weighted by Crippen LogP contribution is 2.36. The van der Waals surface area contributed by atoms with Crippen molar-refractivity contribution in [3.8, 4) is 11.1 Å². The number of carbonyl (C=O) groups is 1. The fraction of sp³-hybridized carbons (Fsp3) is 0.167. The Hall–Kier alpha value is -3.60. The van der Waals surface area contributed by atoms with E-state index < -0.39 is 39.0 Å². The van der Waals surface area contributed by atoms with Crippen LogP contribution in [-0.2, 0) is 26.7 Å². The topological polar surface area (TPSA) is 83.5 Å². The molecule has 0 amide bonds. The van der Waals surface area contributed by atoms with Crippen molar-refractivity contribution >= 4 is 27.8 Å². The van der Waals surface area contributed by atoms with E-state index in [0.29, 0.717) is 22.4 Å². The second-order valence-electron chi connectivity index (χ2n) is 9.16. The molecule has 0 aromatic heterocycles. The van der Waals surface area contributed by atoms with Crippen LogP contribution in [-0.4, -0.2) is 25.5 Å². The van der Waals surface area contributed by atoms with Crippen molar-refractivity contribution in [2.75, 3.05) is 0 Å². The molecule has 10 heteroatoms. The van der Waals surface area contributed by atoms with Crippen molar-refractivity contribution in [3.05, 3.63) is 125 Å². The summed E-state index contributed by atoms with van der Waals surface area (Å²) in [5.41, 5.74) is 2.93. The molecule has 0 aliphatic heterocycles. The van der Waals surface area contributed by atoms with E-state index in [1.807, 2.05) is 31.2 Å². The molecule has 4 rings (SSSR count). The molecule has 0 aliphatic rings. The average molecular weight is 586 g/mol. The Morgan fingerprint density at radius 3 is 1.93 bits per heavy atom. The number of sulfonamides is 1. The fourth-order valence-corrected chi connectivity index (χ4v) is 6.63. The van der Waals surface area contributed by atoms with Crippen LogP contribution in [0.25, 0.3) is 11.1 Å². The molecule has 0 aliphatic carbocycles. The van der Waals surface area contributed by atoms with E-state index in [4.69, 9.17) is 0 Å². The maximum atomic E-state index is 13.3. The molecule has 4 aromatic rings. The number of hydrogen-bond donors (Lipinski definition) is 2. The van der Waals surface area contributed by atoms with Crippen LogP contribution in [0.1, 0.15) is 27.5 Å². The highest BCUT2D eigenvalue weighted by molar-refractivity contribution is 7.98. The summed E-state index contributed by atoms with van der Waals surface area (Å²) >= 11 is 1.32. The summed E-state index contributed by atoms with van der Waals surface area (Å²) in [5.74, 6) is -0.858. The van der Waals surface area contributed by atoms with Crippen LogP contribution >= 0.6 is 11.8 Å². The van der Waals surface area contributed by atoms with E-state index in [1.165, 1.54) is 48.2 Å². The predicted molar refractivity (Wildman–Crippen MR) is 150 cm³/mol. The van der Waals surface area contributed by atoms with Gasteiger partial charge < -0.3 is 5.11 Å². The lowest BCUT2D eigenvalue weighted by Gasteiger charge is -2.25. The molecule has 1 unspecified atom stereocenters. The van der Waals surface area contributed by atoms with Gasteiger partial charge in [0.05, 0.1) is 15.7 Å². The Kier molecular flexibility index (Phi) is 9.02. The van der Waals surface area contributed by atoms with Gasteiger partial charge in [-0.15, -0.1) is 11.8 Å². The van der Waals surface area contributed by atoms with Crippen LogP contribution in [0.2, 0.25) is 0 Å². The van der Waals surface area contributed by atoms with Gasteiger partial charge in [-0.1, -0.05) is 84.4 Å². The summed E-state index contributed by atoms with van der Waals surface area (Å²) in [7, 11) is -4.26. The third-order valence-electron chi connectivity index (χ3n) is 6.24. The number of rotatable bonds is 10. The number of carboxylic acid groups (broad SMARTS) is 1. The largest absolute Gasteiger partial charge is 0.480 e. The molecule has 2 N–H and O–H groups in total. The zero-order valence-electron chi connectivity index (χ0n) is 21.3. The Bertz CT molecular complexity index is 1540. The Morgan fingerprint density at radius 2 is 1.40 bits per heavy atom. The number of halogens is 3. The number of thioether (sulfide) groups is 1. The average Bonchev–Trinajstić information content (AvgIpc) is 2.93. The van der Waals surface area contributed by atoms with Crippen molar-refractivity contribution in [1.82, 2.24) is 4.72 Å². The molecule has 4 aromatic carbocycles. The molecule has 5 nitrogen and oxygen atoms in total. The number of alkyl halides is 3. The van der Waals surface area contributed by atoms with Gasteiger partial charge in [-0.3, -0.25) is 4.79 Å². The minimum Gasteiger partial charge on any atom is -0.480 e. The third kappa shape index (κ3) is 7.32. The van der Waals surface area contributed by atoms with E-state index in [9.17, 15) is 31.5 Å². The lowest BCUT2D eigenvalue weighted by molar-refractivity contribution is -0.139. The molecule has 0 saturated heterocycles. The summed E-state index contributed by atoms with van der Waals surface area (Å²) in [5, 5.41) is 9.37. The van der Waals surface area contributed by atoms with Crippen LogP contribution in [0.3, 0.4) is 0 Å². The van der Waals surface area contributed by atoms with Crippen LogP contribution in [0.4, 0.5) is 13.2 Å². The minimum atomic E-state index is -4.46. The highest BCUT2D eigenvalue weighted by Gasteiger charge is 2.34. The van der Waals surface area contributed by atoms with Crippen molar-refractivity contribution in [3.63, 3.8) is 0 Å². The lowest BCUT2D eigenvalue weighted by atomic mass is 10.0. The molecule has 208 valence electrons. The van der Waals surface area contributed by atoms with Crippen LogP contribution in [0.5, 0.6) is 0 Å². The normalized spacial score (nSPS) is 13.5. The van der Waals surface area contributed by atoms with Gasteiger partial charge in [0.25, 0.3) is 0 Å². The number of aryl methyl sites for hydroxylation is 1. The summed E-state index contributed by atoms with van der Waals surface area (Å²) < 4.78 is 67.5. The molecule has 0 bridgehead atoms. The molecule has 40 heavy (non-hydrogen) atoms. The first kappa shape index (κ1) is 29.4. The van der Waals surface area contributed by atoms with Crippen molar-refractivity contribution in [2.24, 2.45) is 0 Å². The summed E-state index contributed by atoms with van der Waals surface area (Å²) in [4.78, 5) is 12.2. The highest BCUT2D eigenvalue weighted by atomic mass is 32.2. The summed E-state index contributed by atoms with van der Waals surface area (Å²) in [6.45, 7) is 1.97. The number of hydrogen-bond acceptors (Lipinski definition) is 4. The zero-order chi connectivity index (χ0) is 28.9. The van der Waals surface area contributed by atoms with Crippen LogP contribution in [0, 0.1) is 6.92 Å². The predicted octanol–water partition coefficient (Wildman–Crippen LogP) is 7.09. The maximum absolute atomic E-state index is 13.3. The molecular formula is C30H26F3NO4S2. The monoisotopic (exact) mass is 585 g/mol. The first-order chi connectivity index (χ1) is 18.9. The van der Waals surface area contributed by atoms with Gasteiger partial charge in [-0.05, 0) is 53.4 Å². The quantitative estimate of drug-likeness (QED) is 0.208. The van der Waals surface area contributed by atoms with E-state index in [1.54, 1.807) is 30.3 Å². The van der Waals surface area contributed by atoms with Gasteiger partial charge in [0.2, 0.25) is 10.0 Å². The van der Waals surface area contributed by atoms with Gasteiger partial charge in [0, 0.05) is 5.75 Å². The fourth-order valence-electron chi connectivity index (χ4n) is 4.05. The third-order valence-corrected chi connectivity index (χ3v) is 9.10.